The summed E-state index contributed by atoms with van der Waals surface area (Å²) in [4.78, 5) is 2.40. The van der Waals surface area contributed by atoms with Crippen LogP contribution in [0.1, 0.15) is 22.3 Å². The zero-order valence-electron chi connectivity index (χ0n) is 13.0. The van der Waals surface area contributed by atoms with Gasteiger partial charge < -0.3 is 10.2 Å². The molecule has 0 aliphatic carbocycles. The lowest BCUT2D eigenvalue weighted by molar-refractivity contribution is 0.951. The highest BCUT2D eigenvalue weighted by Crippen LogP contribution is 2.30. The predicted octanol–water partition coefficient (Wildman–Crippen LogP) is 4.02. The van der Waals surface area contributed by atoms with E-state index in [0.29, 0.717) is 0 Å². The molecular weight excluding hydrogens is 256 g/mol. The largest absolute Gasteiger partial charge is 0.370 e. The Labute approximate surface area is 127 Å². The van der Waals surface area contributed by atoms with Crippen LogP contribution in [0.4, 0.5) is 5.69 Å². The third-order valence-corrected chi connectivity index (χ3v) is 3.94. The van der Waals surface area contributed by atoms with Crippen LogP contribution in [-0.2, 0) is 0 Å². The van der Waals surface area contributed by atoms with Gasteiger partial charge in [0.15, 0.2) is 0 Å². The van der Waals surface area contributed by atoms with E-state index in [0.717, 1.165) is 13.1 Å². The molecule has 0 radical (unpaired) electrons. The Balaban J connectivity index is 2.01. The molecule has 0 unspecified atom stereocenters. The van der Waals surface area contributed by atoms with Gasteiger partial charge >= 0.3 is 0 Å². The molecule has 1 aliphatic rings. The van der Waals surface area contributed by atoms with Crippen molar-refractivity contribution >= 4 is 11.8 Å². The molecular formula is C19H22N2. The van der Waals surface area contributed by atoms with Crippen LogP contribution in [0.3, 0.4) is 0 Å². The molecule has 21 heavy (non-hydrogen) atoms. The Bertz CT molecular complexity index is 648. The Morgan fingerprint density at radius 3 is 2.33 bits per heavy atom. The number of hydrogen-bond donors (Lipinski definition) is 1. The zero-order valence-corrected chi connectivity index (χ0v) is 13.0. The molecule has 0 aromatic heterocycles. The molecule has 2 nitrogen and oxygen atoms in total. The van der Waals surface area contributed by atoms with Gasteiger partial charge in [0.2, 0.25) is 0 Å². The van der Waals surface area contributed by atoms with Crippen LogP contribution in [0.5, 0.6) is 0 Å². The first-order chi connectivity index (χ1) is 10.1. The van der Waals surface area contributed by atoms with E-state index in [2.05, 4.69) is 79.5 Å². The smallest absolute Gasteiger partial charge is 0.106 e. The van der Waals surface area contributed by atoms with Gasteiger partial charge in [-0.3, -0.25) is 0 Å². The van der Waals surface area contributed by atoms with Crippen LogP contribution < -0.4 is 10.2 Å². The van der Waals surface area contributed by atoms with Crippen molar-refractivity contribution in [3.05, 3.63) is 70.5 Å². The lowest BCUT2D eigenvalue weighted by atomic mass is 10.0. The van der Waals surface area contributed by atoms with Crippen LogP contribution >= 0.6 is 0 Å². The van der Waals surface area contributed by atoms with Crippen LogP contribution in [-0.4, -0.2) is 13.1 Å². The van der Waals surface area contributed by atoms with Crippen molar-refractivity contribution in [1.29, 1.82) is 0 Å². The Hall–Kier alpha value is -2.22. The summed E-state index contributed by atoms with van der Waals surface area (Å²) >= 11 is 0. The van der Waals surface area contributed by atoms with E-state index in [1.807, 2.05) is 0 Å². The SMILES string of the molecule is Cc1cc(C)c(N2CCNC2=Cc2ccccc2)c(C)c1. The summed E-state index contributed by atoms with van der Waals surface area (Å²) in [5, 5.41) is 3.51. The third kappa shape index (κ3) is 2.80. The lowest BCUT2D eigenvalue weighted by Gasteiger charge is -2.24. The number of rotatable bonds is 2. The minimum Gasteiger partial charge on any atom is -0.370 e. The van der Waals surface area contributed by atoms with Crippen molar-refractivity contribution in [3.8, 4) is 0 Å². The van der Waals surface area contributed by atoms with E-state index in [9.17, 15) is 0 Å². The van der Waals surface area contributed by atoms with E-state index < -0.39 is 0 Å². The van der Waals surface area contributed by atoms with E-state index in [1.54, 1.807) is 0 Å². The third-order valence-electron chi connectivity index (χ3n) is 3.94. The molecule has 3 rings (SSSR count). The Kier molecular flexibility index (Phi) is 3.70. The van der Waals surface area contributed by atoms with Gasteiger partial charge in [-0.1, -0.05) is 48.0 Å². The van der Waals surface area contributed by atoms with Gasteiger partial charge in [-0.15, -0.1) is 0 Å². The van der Waals surface area contributed by atoms with Crippen molar-refractivity contribution in [1.82, 2.24) is 5.32 Å². The second-order valence-electron chi connectivity index (χ2n) is 5.77. The number of aryl methyl sites for hydroxylation is 3. The molecule has 1 N–H and O–H groups in total. The highest BCUT2D eigenvalue weighted by molar-refractivity contribution is 5.68. The summed E-state index contributed by atoms with van der Waals surface area (Å²) < 4.78 is 0. The minimum absolute atomic E-state index is 0.991. The fourth-order valence-electron chi connectivity index (χ4n) is 3.18. The van der Waals surface area contributed by atoms with Gasteiger partial charge in [0.1, 0.15) is 5.82 Å². The number of hydrogen-bond acceptors (Lipinski definition) is 2. The summed E-state index contributed by atoms with van der Waals surface area (Å²) in [6, 6.07) is 15.0. The van der Waals surface area contributed by atoms with E-state index in [4.69, 9.17) is 0 Å². The molecule has 1 saturated heterocycles. The number of anilines is 1. The molecule has 0 atom stereocenters. The molecule has 1 aliphatic heterocycles. The highest BCUT2D eigenvalue weighted by Gasteiger charge is 2.21. The van der Waals surface area contributed by atoms with Gasteiger partial charge in [0.05, 0.1) is 0 Å². The first-order valence-corrected chi connectivity index (χ1v) is 7.51. The maximum absolute atomic E-state index is 3.51. The van der Waals surface area contributed by atoms with Gasteiger partial charge in [-0.2, -0.15) is 0 Å². The van der Waals surface area contributed by atoms with Crippen LogP contribution in [0, 0.1) is 20.8 Å². The zero-order chi connectivity index (χ0) is 14.8. The van der Waals surface area contributed by atoms with Gasteiger partial charge in [-0.05, 0) is 43.5 Å². The molecule has 108 valence electrons. The maximum atomic E-state index is 3.51. The Morgan fingerprint density at radius 2 is 1.67 bits per heavy atom. The van der Waals surface area contributed by atoms with Crippen LogP contribution in [0.25, 0.3) is 6.08 Å². The summed E-state index contributed by atoms with van der Waals surface area (Å²) in [5.74, 6) is 1.19. The van der Waals surface area contributed by atoms with Crippen molar-refractivity contribution in [3.63, 3.8) is 0 Å². The maximum Gasteiger partial charge on any atom is 0.106 e. The number of nitrogens with zero attached hydrogens (tertiary/aromatic N) is 1. The monoisotopic (exact) mass is 278 g/mol. The Morgan fingerprint density at radius 1 is 1.00 bits per heavy atom. The van der Waals surface area contributed by atoms with Crippen molar-refractivity contribution in [2.75, 3.05) is 18.0 Å². The molecule has 2 aromatic rings. The van der Waals surface area contributed by atoms with Gasteiger partial charge in [-0.25, -0.2) is 0 Å². The van der Waals surface area contributed by atoms with E-state index in [1.165, 1.54) is 33.8 Å². The molecule has 2 aromatic carbocycles. The second kappa shape index (κ2) is 5.65. The normalized spacial score (nSPS) is 16.3. The first-order valence-electron chi connectivity index (χ1n) is 7.51. The topological polar surface area (TPSA) is 15.3 Å². The average Bonchev–Trinajstić information content (AvgIpc) is 2.87. The molecule has 0 saturated carbocycles. The highest BCUT2D eigenvalue weighted by atomic mass is 15.3. The number of nitrogens with one attached hydrogen (secondary N) is 1. The van der Waals surface area contributed by atoms with Crippen molar-refractivity contribution < 1.29 is 0 Å². The summed E-state index contributed by atoms with van der Waals surface area (Å²) in [6.07, 6.45) is 2.23. The van der Waals surface area contributed by atoms with Crippen molar-refractivity contribution in [2.45, 2.75) is 20.8 Å². The fraction of sp³-hybridized carbons (Fsp3) is 0.263. The standard InChI is InChI=1S/C19H22N2/c1-14-11-15(2)19(16(3)12-14)21-10-9-20-18(21)13-17-7-5-4-6-8-17/h4-8,11-13,20H,9-10H2,1-3H3. The van der Waals surface area contributed by atoms with E-state index >= 15 is 0 Å². The lowest BCUT2D eigenvalue weighted by Crippen LogP contribution is -2.21. The first kappa shape index (κ1) is 13.7. The van der Waals surface area contributed by atoms with Gasteiger partial charge in [0.25, 0.3) is 0 Å². The quantitative estimate of drug-likeness (QED) is 0.892. The minimum atomic E-state index is 0.991. The predicted molar refractivity (Wildman–Crippen MR) is 90.4 cm³/mol. The second-order valence-corrected chi connectivity index (χ2v) is 5.77. The summed E-state index contributed by atoms with van der Waals surface area (Å²) in [7, 11) is 0. The molecule has 0 spiro atoms. The van der Waals surface area contributed by atoms with Gasteiger partial charge in [0, 0.05) is 18.8 Å². The molecule has 1 heterocycles. The average molecular weight is 278 g/mol. The molecule has 2 heteroatoms. The summed E-state index contributed by atoms with van der Waals surface area (Å²) in [6.45, 7) is 8.57. The summed E-state index contributed by atoms with van der Waals surface area (Å²) in [5.41, 5.74) is 6.59. The molecule has 1 fully saturated rings. The van der Waals surface area contributed by atoms with E-state index in [-0.39, 0.29) is 0 Å². The van der Waals surface area contributed by atoms with Crippen LogP contribution in [0.15, 0.2) is 48.3 Å². The fourth-order valence-corrected chi connectivity index (χ4v) is 3.18. The van der Waals surface area contributed by atoms with Crippen LogP contribution in [0.2, 0.25) is 0 Å². The molecule has 0 bridgehead atoms. The number of benzene rings is 2. The van der Waals surface area contributed by atoms with Crippen molar-refractivity contribution in [2.24, 2.45) is 0 Å². The molecule has 0 amide bonds.